The van der Waals surface area contributed by atoms with Crippen molar-refractivity contribution in [2.45, 2.75) is 6.54 Å². The van der Waals surface area contributed by atoms with Gasteiger partial charge in [0, 0.05) is 36.3 Å². The lowest BCUT2D eigenvalue weighted by Crippen LogP contribution is -2.10. The molecule has 35 heavy (non-hydrogen) atoms. The maximum atomic E-state index is 15.9. The number of pyridine rings is 3. The zero-order valence-corrected chi connectivity index (χ0v) is 19.1. The molecule has 2 N–H and O–H groups in total. The van der Waals surface area contributed by atoms with Crippen LogP contribution in [0.1, 0.15) is 5.56 Å². The van der Waals surface area contributed by atoms with Crippen molar-refractivity contribution in [3.05, 3.63) is 78.6 Å². The van der Waals surface area contributed by atoms with Crippen LogP contribution < -0.4 is 0 Å². The summed E-state index contributed by atoms with van der Waals surface area (Å²) in [4.78, 5) is 23.2. The van der Waals surface area contributed by atoms with Gasteiger partial charge in [-0.2, -0.15) is 5.10 Å². The van der Waals surface area contributed by atoms with Crippen LogP contribution in [0.4, 0.5) is 4.39 Å². The average molecular weight is 465 g/mol. The van der Waals surface area contributed by atoms with Crippen LogP contribution in [0.25, 0.3) is 56.0 Å². The summed E-state index contributed by atoms with van der Waals surface area (Å²) in [7, 11) is 3.95. The second-order valence-electron chi connectivity index (χ2n) is 8.60. The van der Waals surface area contributed by atoms with E-state index in [1.54, 1.807) is 24.8 Å². The third-order valence-electron chi connectivity index (χ3n) is 5.79. The van der Waals surface area contributed by atoms with Crippen molar-refractivity contribution in [3.8, 4) is 34.0 Å². The highest BCUT2D eigenvalue weighted by Gasteiger charge is 2.21. The van der Waals surface area contributed by atoms with Gasteiger partial charge >= 0.3 is 0 Å². The topological polar surface area (TPSA) is 99.3 Å². The number of aromatic amines is 2. The largest absolute Gasteiger partial charge is 0.337 e. The van der Waals surface area contributed by atoms with E-state index in [2.05, 4.69) is 30.1 Å². The standard InChI is InChI=1S/C26H21FN8/c1-35(2)14-15-10-16(12-28-11-15)23-22(27)21-20(13-30-23)33-34-25(21)26-31-19-8-5-6-17(24(19)32-26)18-7-3-4-9-29-18/h3-13H,14H2,1-2H3,(H,31,32)(H,33,34). The van der Waals surface area contributed by atoms with Crippen molar-refractivity contribution >= 4 is 21.9 Å². The SMILES string of the molecule is CN(C)Cc1cncc(-c2ncc3[nH]nc(-c4nc5c(-c6ccccn6)cccc5[nH]4)c3c2F)c1. The fourth-order valence-electron chi connectivity index (χ4n) is 4.29. The van der Waals surface area contributed by atoms with E-state index in [1.165, 1.54) is 0 Å². The Morgan fingerprint density at radius 1 is 0.943 bits per heavy atom. The molecule has 0 aliphatic heterocycles. The van der Waals surface area contributed by atoms with E-state index >= 15 is 4.39 Å². The molecular weight excluding hydrogens is 443 g/mol. The predicted molar refractivity (Wildman–Crippen MR) is 133 cm³/mol. The third kappa shape index (κ3) is 3.71. The summed E-state index contributed by atoms with van der Waals surface area (Å²) >= 11 is 0. The highest BCUT2D eigenvalue weighted by atomic mass is 19.1. The number of halogens is 1. The summed E-state index contributed by atoms with van der Waals surface area (Å²) in [5.41, 5.74) is 5.94. The number of benzene rings is 1. The van der Waals surface area contributed by atoms with E-state index in [9.17, 15) is 0 Å². The number of hydrogen-bond donors (Lipinski definition) is 2. The number of hydrogen-bond acceptors (Lipinski definition) is 6. The smallest absolute Gasteiger partial charge is 0.161 e. The molecule has 8 nitrogen and oxygen atoms in total. The molecular formula is C26H21FN8. The third-order valence-corrected chi connectivity index (χ3v) is 5.79. The van der Waals surface area contributed by atoms with Crippen LogP contribution in [0.15, 0.2) is 67.3 Å². The lowest BCUT2D eigenvalue weighted by Gasteiger charge is -2.10. The Morgan fingerprint density at radius 3 is 2.69 bits per heavy atom. The van der Waals surface area contributed by atoms with Gasteiger partial charge in [-0.1, -0.05) is 18.2 Å². The van der Waals surface area contributed by atoms with Gasteiger partial charge in [0.15, 0.2) is 11.6 Å². The first kappa shape index (κ1) is 21.1. The van der Waals surface area contributed by atoms with Gasteiger partial charge in [-0.15, -0.1) is 0 Å². The Hall–Kier alpha value is -4.50. The number of nitrogens with zero attached hydrogens (tertiary/aromatic N) is 6. The molecule has 6 rings (SSSR count). The monoisotopic (exact) mass is 464 g/mol. The van der Waals surface area contributed by atoms with Gasteiger partial charge in [0.05, 0.1) is 33.8 Å². The molecule has 0 atom stereocenters. The molecule has 0 bridgehead atoms. The van der Waals surface area contributed by atoms with Crippen molar-refractivity contribution in [1.82, 2.24) is 40.0 Å². The zero-order chi connectivity index (χ0) is 23.9. The maximum absolute atomic E-state index is 15.9. The summed E-state index contributed by atoms with van der Waals surface area (Å²) < 4.78 is 15.9. The highest BCUT2D eigenvalue weighted by molar-refractivity contribution is 5.97. The first-order chi connectivity index (χ1) is 17.1. The van der Waals surface area contributed by atoms with Gasteiger partial charge in [0.25, 0.3) is 0 Å². The molecule has 0 saturated carbocycles. The lowest BCUT2D eigenvalue weighted by atomic mass is 10.1. The molecule has 1 aromatic carbocycles. The maximum Gasteiger partial charge on any atom is 0.161 e. The first-order valence-corrected chi connectivity index (χ1v) is 11.1. The molecule has 5 heterocycles. The Kier molecular flexibility index (Phi) is 5.04. The second kappa shape index (κ2) is 8.37. The summed E-state index contributed by atoms with van der Waals surface area (Å²) in [5.74, 6) is -0.00868. The van der Waals surface area contributed by atoms with Crippen molar-refractivity contribution < 1.29 is 4.39 Å². The van der Waals surface area contributed by atoms with Crippen molar-refractivity contribution in [2.24, 2.45) is 0 Å². The van der Waals surface area contributed by atoms with Crippen LogP contribution in [-0.2, 0) is 6.54 Å². The van der Waals surface area contributed by atoms with E-state index in [0.29, 0.717) is 34.5 Å². The predicted octanol–water partition coefficient (Wildman–Crippen LogP) is 4.83. The molecule has 0 amide bonds. The number of imidazole rings is 1. The Labute approximate surface area is 199 Å². The van der Waals surface area contributed by atoms with Crippen LogP contribution in [0.2, 0.25) is 0 Å². The fraction of sp³-hybridized carbons (Fsp3) is 0.115. The molecule has 172 valence electrons. The van der Waals surface area contributed by atoms with Gasteiger partial charge in [0.1, 0.15) is 11.4 Å². The van der Waals surface area contributed by atoms with Crippen molar-refractivity contribution in [2.75, 3.05) is 14.1 Å². The lowest BCUT2D eigenvalue weighted by molar-refractivity contribution is 0.402. The van der Waals surface area contributed by atoms with Crippen LogP contribution in [0.5, 0.6) is 0 Å². The van der Waals surface area contributed by atoms with E-state index in [1.807, 2.05) is 61.5 Å². The quantitative estimate of drug-likeness (QED) is 0.379. The number of H-pyrrole nitrogens is 2. The number of para-hydroxylation sites is 1. The van der Waals surface area contributed by atoms with E-state index in [4.69, 9.17) is 4.98 Å². The van der Waals surface area contributed by atoms with Crippen LogP contribution in [0, 0.1) is 5.82 Å². The summed E-state index contributed by atoms with van der Waals surface area (Å²) in [5, 5.41) is 7.59. The summed E-state index contributed by atoms with van der Waals surface area (Å²) in [6.45, 7) is 0.694. The molecule has 0 fully saturated rings. The molecule has 6 aromatic rings. The Morgan fingerprint density at radius 2 is 1.86 bits per heavy atom. The van der Waals surface area contributed by atoms with E-state index < -0.39 is 5.82 Å². The van der Waals surface area contributed by atoms with E-state index in [-0.39, 0.29) is 5.69 Å². The van der Waals surface area contributed by atoms with Crippen molar-refractivity contribution in [3.63, 3.8) is 0 Å². The zero-order valence-electron chi connectivity index (χ0n) is 19.1. The molecule has 0 spiro atoms. The van der Waals surface area contributed by atoms with Gasteiger partial charge < -0.3 is 9.88 Å². The molecule has 5 aromatic heterocycles. The summed E-state index contributed by atoms with van der Waals surface area (Å²) in [6.07, 6.45) is 6.73. The van der Waals surface area contributed by atoms with Crippen LogP contribution >= 0.6 is 0 Å². The average Bonchev–Trinajstić information content (AvgIpc) is 3.49. The van der Waals surface area contributed by atoms with Gasteiger partial charge in [-0.25, -0.2) is 9.37 Å². The molecule has 0 unspecified atom stereocenters. The van der Waals surface area contributed by atoms with Crippen LogP contribution in [-0.4, -0.2) is 54.1 Å². The number of rotatable bonds is 5. The fourth-order valence-corrected chi connectivity index (χ4v) is 4.29. The Balaban J connectivity index is 1.49. The number of fused-ring (bicyclic) bond motifs is 2. The molecule has 0 saturated heterocycles. The summed E-state index contributed by atoms with van der Waals surface area (Å²) in [6, 6.07) is 13.5. The Bertz CT molecular complexity index is 1670. The van der Waals surface area contributed by atoms with Gasteiger partial charge in [-0.05, 0) is 43.9 Å². The molecule has 9 heteroatoms. The van der Waals surface area contributed by atoms with Gasteiger partial charge in [0.2, 0.25) is 0 Å². The minimum atomic E-state index is -0.472. The number of aromatic nitrogens is 7. The number of nitrogens with one attached hydrogen (secondary N) is 2. The second-order valence-corrected chi connectivity index (χ2v) is 8.60. The molecule has 0 radical (unpaired) electrons. The normalized spacial score (nSPS) is 11.7. The minimum Gasteiger partial charge on any atom is -0.337 e. The molecule has 0 aliphatic rings. The van der Waals surface area contributed by atoms with Crippen LogP contribution in [0.3, 0.4) is 0 Å². The highest BCUT2D eigenvalue weighted by Crippen LogP contribution is 2.34. The first-order valence-electron chi connectivity index (χ1n) is 11.1. The van der Waals surface area contributed by atoms with E-state index in [0.717, 1.165) is 27.9 Å². The van der Waals surface area contributed by atoms with Crippen molar-refractivity contribution in [1.29, 1.82) is 0 Å². The van der Waals surface area contributed by atoms with Gasteiger partial charge in [-0.3, -0.25) is 20.1 Å². The minimum absolute atomic E-state index is 0.221. The molecule has 0 aliphatic carbocycles.